The minimum atomic E-state index is -2.83. The van der Waals surface area contributed by atoms with Crippen LogP contribution in [0.1, 0.15) is 32.5 Å². The lowest BCUT2D eigenvalue weighted by atomic mass is 10.3. The van der Waals surface area contributed by atoms with Crippen molar-refractivity contribution in [3.05, 3.63) is 18.0 Å². The number of aromatic nitrogens is 2. The van der Waals surface area contributed by atoms with Gasteiger partial charge < -0.3 is 0 Å². The van der Waals surface area contributed by atoms with E-state index in [9.17, 15) is 8.78 Å². The van der Waals surface area contributed by atoms with E-state index in [-0.39, 0.29) is 11.7 Å². The fourth-order valence-electron chi connectivity index (χ4n) is 0.860. The molecule has 68 valence electrons. The number of halogens is 2. The first kappa shape index (κ1) is 9.16. The first-order valence-corrected chi connectivity index (χ1v) is 3.84. The van der Waals surface area contributed by atoms with Gasteiger partial charge in [0.1, 0.15) is 5.69 Å². The van der Waals surface area contributed by atoms with Crippen LogP contribution in [0.2, 0.25) is 0 Å². The minimum Gasteiger partial charge on any atom is -0.270 e. The molecule has 0 amide bonds. The summed E-state index contributed by atoms with van der Waals surface area (Å²) in [6.07, 6.45) is 1.57. The molecule has 1 rings (SSSR count). The maximum atomic E-state index is 12.7. The molecule has 0 bridgehead atoms. The fourth-order valence-corrected chi connectivity index (χ4v) is 0.860. The number of hydrogen-bond donors (Lipinski definition) is 0. The van der Waals surface area contributed by atoms with Crippen LogP contribution in [0.25, 0.3) is 0 Å². The van der Waals surface area contributed by atoms with Gasteiger partial charge in [-0.3, -0.25) is 4.68 Å². The van der Waals surface area contributed by atoms with E-state index in [1.807, 2.05) is 13.8 Å². The molecule has 0 aliphatic carbocycles. The van der Waals surface area contributed by atoms with Crippen LogP contribution in [0, 0.1) is 0 Å². The zero-order valence-electron chi connectivity index (χ0n) is 7.38. The molecule has 1 heterocycles. The summed E-state index contributed by atoms with van der Waals surface area (Å²) in [6.45, 7) is 4.63. The van der Waals surface area contributed by atoms with E-state index >= 15 is 0 Å². The maximum absolute atomic E-state index is 12.7. The van der Waals surface area contributed by atoms with Crippen molar-refractivity contribution in [1.82, 2.24) is 9.78 Å². The average molecular weight is 174 g/mol. The van der Waals surface area contributed by atoms with Crippen molar-refractivity contribution < 1.29 is 8.78 Å². The Balaban J connectivity index is 2.92. The summed E-state index contributed by atoms with van der Waals surface area (Å²) < 4.78 is 26.8. The Kier molecular flexibility index (Phi) is 2.17. The molecule has 0 aliphatic heterocycles. The molecule has 0 saturated heterocycles. The van der Waals surface area contributed by atoms with Crippen molar-refractivity contribution in [2.75, 3.05) is 0 Å². The van der Waals surface area contributed by atoms with Gasteiger partial charge in [0, 0.05) is 19.2 Å². The van der Waals surface area contributed by atoms with Crippen molar-refractivity contribution in [2.45, 2.75) is 32.7 Å². The van der Waals surface area contributed by atoms with Gasteiger partial charge in [0.15, 0.2) is 0 Å². The Morgan fingerprint density at radius 1 is 1.50 bits per heavy atom. The fraction of sp³-hybridized carbons (Fsp3) is 0.625. The van der Waals surface area contributed by atoms with Crippen molar-refractivity contribution in [1.29, 1.82) is 0 Å². The molecular weight excluding hydrogens is 162 g/mol. The molecule has 1 aromatic heterocycles. The molecule has 1 aromatic rings. The third-order valence-electron chi connectivity index (χ3n) is 1.59. The van der Waals surface area contributed by atoms with Crippen LogP contribution in [-0.4, -0.2) is 9.78 Å². The van der Waals surface area contributed by atoms with Gasteiger partial charge in [-0.15, -0.1) is 0 Å². The van der Waals surface area contributed by atoms with Crippen LogP contribution in [0.15, 0.2) is 12.3 Å². The topological polar surface area (TPSA) is 17.8 Å². The third kappa shape index (κ3) is 1.81. The highest BCUT2D eigenvalue weighted by atomic mass is 19.3. The molecule has 0 aromatic carbocycles. The summed E-state index contributed by atoms with van der Waals surface area (Å²) in [5.41, 5.74) is -0.170. The van der Waals surface area contributed by atoms with Gasteiger partial charge in [-0.05, 0) is 19.9 Å². The van der Waals surface area contributed by atoms with Crippen LogP contribution in [0.5, 0.6) is 0 Å². The molecule has 0 N–H and O–H groups in total. The first-order valence-electron chi connectivity index (χ1n) is 3.84. The second-order valence-electron chi connectivity index (χ2n) is 3.16. The lowest BCUT2D eigenvalue weighted by Gasteiger charge is -2.07. The molecule has 0 radical (unpaired) electrons. The predicted molar refractivity (Wildman–Crippen MR) is 42.2 cm³/mol. The molecule has 12 heavy (non-hydrogen) atoms. The van der Waals surface area contributed by atoms with Crippen LogP contribution < -0.4 is 0 Å². The smallest absolute Gasteiger partial charge is 0.270 e. The van der Waals surface area contributed by atoms with E-state index in [1.54, 1.807) is 6.20 Å². The first-order chi connectivity index (χ1) is 5.41. The van der Waals surface area contributed by atoms with Gasteiger partial charge in [0.2, 0.25) is 0 Å². The summed E-state index contributed by atoms with van der Waals surface area (Å²) in [5.74, 6) is -2.83. The third-order valence-corrected chi connectivity index (χ3v) is 1.59. The van der Waals surface area contributed by atoms with Crippen molar-refractivity contribution in [3.63, 3.8) is 0 Å². The number of hydrogen-bond acceptors (Lipinski definition) is 1. The maximum Gasteiger partial charge on any atom is 0.288 e. The van der Waals surface area contributed by atoms with Crippen LogP contribution >= 0.6 is 0 Å². The molecule has 0 atom stereocenters. The largest absolute Gasteiger partial charge is 0.288 e. The Morgan fingerprint density at radius 2 is 2.08 bits per heavy atom. The summed E-state index contributed by atoms with van der Waals surface area (Å²) in [4.78, 5) is 0. The van der Waals surface area contributed by atoms with Gasteiger partial charge >= 0.3 is 0 Å². The van der Waals surface area contributed by atoms with Crippen molar-refractivity contribution in [3.8, 4) is 0 Å². The molecule has 0 aliphatic rings. The zero-order chi connectivity index (χ0) is 9.35. The van der Waals surface area contributed by atoms with Crippen LogP contribution in [-0.2, 0) is 5.92 Å². The molecular formula is C8H12F2N2. The van der Waals surface area contributed by atoms with Gasteiger partial charge in [-0.25, -0.2) is 0 Å². The lowest BCUT2D eigenvalue weighted by Crippen LogP contribution is -2.10. The summed E-state index contributed by atoms with van der Waals surface area (Å²) in [6, 6.07) is 1.47. The molecule has 4 heteroatoms. The quantitative estimate of drug-likeness (QED) is 0.673. The zero-order valence-corrected chi connectivity index (χ0v) is 7.38. The van der Waals surface area contributed by atoms with Gasteiger partial charge in [-0.2, -0.15) is 13.9 Å². The molecule has 2 nitrogen and oxygen atoms in total. The predicted octanol–water partition coefficient (Wildman–Crippen LogP) is 2.58. The Hall–Kier alpha value is -0.930. The van der Waals surface area contributed by atoms with E-state index in [2.05, 4.69) is 5.10 Å². The van der Waals surface area contributed by atoms with E-state index in [4.69, 9.17) is 0 Å². The minimum absolute atomic E-state index is 0.126. The molecule has 0 spiro atoms. The SMILES string of the molecule is CC(C)n1ccc(C(C)(F)F)n1. The number of alkyl halides is 2. The highest BCUT2D eigenvalue weighted by Crippen LogP contribution is 2.25. The highest BCUT2D eigenvalue weighted by Gasteiger charge is 2.27. The number of nitrogens with zero attached hydrogens (tertiary/aromatic N) is 2. The normalized spacial score (nSPS) is 12.5. The second-order valence-corrected chi connectivity index (χ2v) is 3.16. The molecule has 0 saturated carbocycles. The summed E-state index contributed by atoms with van der Waals surface area (Å²) in [5, 5.41) is 3.75. The summed E-state index contributed by atoms with van der Waals surface area (Å²) in [7, 11) is 0. The van der Waals surface area contributed by atoms with Gasteiger partial charge in [0.25, 0.3) is 5.92 Å². The highest BCUT2D eigenvalue weighted by molar-refractivity contribution is 5.05. The van der Waals surface area contributed by atoms with Gasteiger partial charge in [-0.1, -0.05) is 0 Å². The van der Waals surface area contributed by atoms with E-state index < -0.39 is 5.92 Å². The average Bonchev–Trinajstić information content (AvgIpc) is 2.30. The van der Waals surface area contributed by atoms with Crippen LogP contribution in [0.3, 0.4) is 0 Å². The lowest BCUT2D eigenvalue weighted by molar-refractivity contribution is 0.0120. The molecule has 0 fully saturated rings. The van der Waals surface area contributed by atoms with E-state index in [0.29, 0.717) is 0 Å². The Labute approximate surface area is 70.2 Å². The van der Waals surface area contributed by atoms with E-state index in [1.165, 1.54) is 10.7 Å². The Bertz CT molecular complexity index is 260. The van der Waals surface area contributed by atoms with E-state index in [0.717, 1.165) is 6.92 Å². The summed E-state index contributed by atoms with van der Waals surface area (Å²) >= 11 is 0. The van der Waals surface area contributed by atoms with Crippen molar-refractivity contribution >= 4 is 0 Å². The Morgan fingerprint density at radius 3 is 2.33 bits per heavy atom. The van der Waals surface area contributed by atoms with Crippen LogP contribution in [0.4, 0.5) is 8.78 Å². The molecule has 0 unspecified atom stereocenters. The second kappa shape index (κ2) is 2.84. The van der Waals surface area contributed by atoms with Gasteiger partial charge in [0.05, 0.1) is 0 Å². The standard InChI is InChI=1S/C8H12F2N2/c1-6(2)12-5-4-7(11-12)8(3,9)10/h4-6H,1-3H3. The monoisotopic (exact) mass is 174 g/mol. The number of rotatable bonds is 2. The van der Waals surface area contributed by atoms with Crippen molar-refractivity contribution in [2.24, 2.45) is 0 Å².